The second kappa shape index (κ2) is 8.78. The van der Waals surface area contributed by atoms with Crippen molar-refractivity contribution in [3.05, 3.63) is 65.3 Å². The molecule has 0 atom stereocenters. The second-order valence-corrected chi connectivity index (χ2v) is 6.86. The van der Waals surface area contributed by atoms with Crippen LogP contribution in [0.15, 0.2) is 59.9 Å². The van der Waals surface area contributed by atoms with E-state index in [1.807, 2.05) is 42.5 Å². The Balaban J connectivity index is 1.51. The molecule has 5 nitrogen and oxygen atoms in total. The number of amides is 1. The van der Waals surface area contributed by atoms with Crippen LogP contribution in [0.5, 0.6) is 5.75 Å². The maximum atomic E-state index is 12.0. The Labute approximate surface area is 161 Å². The van der Waals surface area contributed by atoms with Crippen molar-refractivity contribution in [1.82, 2.24) is 15.3 Å². The molecule has 1 heterocycles. The molecule has 0 aliphatic heterocycles. The van der Waals surface area contributed by atoms with Gasteiger partial charge in [0.2, 0.25) is 5.91 Å². The summed E-state index contributed by atoms with van der Waals surface area (Å²) in [7, 11) is 1.64. The van der Waals surface area contributed by atoms with Gasteiger partial charge in [-0.25, -0.2) is 4.98 Å². The van der Waals surface area contributed by atoms with Crippen molar-refractivity contribution in [2.75, 3.05) is 12.9 Å². The SMILES string of the molecule is COc1ccc(-c2cnc(SCC(=O)NCc3ccccc3Cl)[nH]2)cc1. The first-order valence-corrected chi connectivity index (χ1v) is 9.34. The summed E-state index contributed by atoms with van der Waals surface area (Å²) in [6, 6.07) is 15.2. The van der Waals surface area contributed by atoms with Crippen molar-refractivity contribution >= 4 is 29.3 Å². The fourth-order valence-corrected chi connectivity index (χ4v) is 3.20. The third-order valence-electron chi connectivity index (χ3n) is 3.73. The van der Waals surface area contributed by atoms with E-state index < -0.39 is 0 Å². The highest BCUT2D eigenvalue weighted by molar-refractivity contribution is 7.99. The van der Waals surface area contributed by atoms with Crippen LogP contribution in [0.3, 0.4) is 0 Å². The number of ether oxygens (including phenoxy) is 1. The van der Waals surface area contributed by atoms with Crippen LogP contribution in [-0.2, 0) is 11.3 Å². The number of halogens is 1. The van der Waals surface area contributed by atoms with Crippen molar-refractivity contribution in [2.45, 2.75) is 11.7 Å². The molecule has 1 amide bonds. The molecule has 0 aliphatic rings. The summed E-state index contributed by atoms with van der Waals surface area (Å²) in [5, 5.41) is 4.21. The topological polar surface area (TPSA) is 67.0 Å². The molecule has 0 fully saturated rings. The summed E-state index contributed by atoms with van der Waals surface area (Å²) in [4.78, 5) is 19.5. The normalized spacial score (nSPS) is 10.5. The highest BCUT2D eigenvalue weighted by Crippen LogP contribution is 2.23. The third kappa shape index (κ3) is 4.80. The van der Waals surface area contributed by atoms with Gasteiger partial charge in [0.1, 0.15) is 5.75 Å². The summed E-state index contributed by atoms with van der Waals surface area (Å²) in [5.74, 6) is 1.01. The highest BCUT2D eigenvalue weighted by atomic mass is 35.5. The number of aromatic amines is 1. The zero-order valence-electron chi connectivity index (χ0n) is 14.2. The van der Waals surface area contributed by atoms with Gasteiger partial charge in [0.15, 0.2) is 5.16 Å². The Hall–Kier alpha value is -2.44. The van der Waals surface area contributed by atoms with Crippen molar-refractivity contribution < 1.29 is 9.53 Å². The number of methoxy groups -OCH3 is 1. The zero-order valence-corrected chi connectivity index (χ0v) is 15.7. The average Bonchev–Trinajstić information content (AvgIpc) is 3.15. The van der Waals surface area contributed by atoms with Gasteiger partial charge >= 0.3 is 0 Å². The van der Waals surface area contributed by atoms with Gasteiger partial charge in [-0.1, -0.05) is 41.6 Å². The van der Waals surface area contributed by atoms with Crippen LogP contribution in [0.1, 0.15) is 5.56 Å². The fourth-order valence-electron chi connectivity index (χ4n) is 2.31. The number of thioether (sulfide) groups is 1. The number of carbonyl (C=O) groups is 1. The molecule has 0 unspecified atom stereocenters. The molecule has 0 saturated carbocycles. The molecule has 1 aromatic heterocycles. The summed E-state index contributed by atoms with van der Waals surface area (Å²) >= 11 is 7.44. The smallest absolute Gasteiger partial charge is 0.230 e. The molecule has 3 aromatic rings. The predicted molar refractivity (Wildman–Crippen MR) is 105 cm³/mol. The summed E-state index contributed by atoms with van der Waals surface area (Å²) in [6.07, 6.45) is 1.76. The molecule has 7 heteroatoms. The Bertz CT molecular complexity index is 881. The van der Waals surface area contributed by atoms with Gasteiger partial charge in [0, 0.05) is 11.6 Å². The summed E-state index contributed by atoms with van der Waals surface area (Å²) in [6.45, 7) is 0.411. The van der Waals surface area contributed by atoms with Crippen LogP contribution < -0.4 is 10.1 Å². The molecule has 3 rings (SSSR count). The van der Waals surface area contributed by atoms with Gasteiger partial charge < -0.3 is 15.0 Å². The monoisotopic (exact) mass is 387 g/mol. The van der Waals surface area contributed by atoms with Gasteiger partial charge in [0.05, 0.1) is 24.8 Å². The maximum absolute atomic E-state index is 12.0. The minimum absolute atomic E-state index is 0.0719. The lowest BCUT2D eigenvalue weighted by Gasteiger charge is -2.06. The van der Waals surface area contributed by atoms with Crippen molar-refractivity contribution in [3.63, 3.8) is 0 Å². The quantitative estimate of drug-likeness (QED) is 0.598. The van der Waals surface area contributed by atoms with Crippen molar-refractivity contribution in [1.29, 1.82) is 0 Å². The first-order valence-electron chi connectivity index (χ1n) is 7.98. The largest absolute Gasteiger partial charge is 0.497 e. The lowest BCUT2D eigenvalue weighted by atomic mass is 10.2. The fraction of sp³-hybridized carbons (Fsp3) is 0.158. The number of H-pyrrole nitrogens is 1. The average molecular weight is 388 g/mol. The number of rotatable bonds is 7. The first kappa shape index (κ1) is 18.4. The van der Waals surface area contributed by atoms with Crippen molar-refractivity contribution in [3.8, 4) is 17.0 Å². The molecule has 0 saturated heterocycles. The van der Waals surface area contributed by atoms with Gasteiger partial charge in [-0.15, -0.1) is 0 Å². The Kier molecular flexibility index (Phi) is 6.20. The molecular weight excluding hydrogens is 370 g/mol. The van der Waals surface area contributed by atoms with Crippen LogP contribution in [0.2, 0.25) is 5.02 Å². The number of benzene rings is 2. The minimum Gasteiger partial charge on any atom is -0.497 e. The molecule has 0 bridgehead atoms. The van der Waals surface area contributed by atoms with E-state index in [4.69, 9.17) is 16.3 Å². The minimum atomic E-state index is -0.0719. The first-order chi connectivity index (χ1) is 12.7. The molecule has 134 valence electrons. The zero-order chi connectivity index (χ0) is 18.4. The van der Waals surface area contributed by atoms with E-state index in [0.717, 1.165) is 22.6 Å². The molecule has 0 spiro atoms. The predicted octanol–water partition coefficient (Wildman–Crippen LogP) is 4.15. The van der Waals surface area contributed by atoms with E-state index in [9.17, 15) is 4.79 Å². The lowest BCUT2D eigenvalue weighted by molar-refractivity contribution is -0.118. The molecule has 0 radical (unpaired) electrons. The van der Waals surface area contributed by atoms with E-state index in [1.165, 1.54) is 11.8 Å². The Morgan fingerprint density at radius 1 is 1.23 bits per heavy atom. The van der Waals surface area contributed by atoms with Crippen LogP contribution in [0.4, 0.5) is 0 Å². The van der Waals surface area contributed by atoms with Crippen molar-refractivity contribution in [2.24, 2.45) is 0 Å². The number of imidazole rings is 1. The number of hydrogen-bond donors (Lipinski definition) is 2. The molecule has 0 aliphatic carbocycles. The molecule has 26 heavy (non-hydrogen) atoms. The standard InChI is InChI=1S/C19H18ClN3O2S/c1-25-15-8-6-13(7-9-15)17-11-22-19(23-17)26-12-18(24)21-10-14-4-2-3-5-16(14)20/h2-9,11H,10,12H2,1H3,(H,21,24)(H,22,23). The van der Waals surface area contributed by atoms with Gasteiger partial charge in [-0.3, -0.25) is 4.79 Å². The second-order valence-electron chi connectivity index (χ2n) is 5.49. The number of aromatic nitrogens is 2. The lowest BCUT2D eigenvalue weighted by Crippen LogP contribution is -2.24. The van der Waals surface area contributed by atoms with E-state index in [2.05, 4.69) is 15.3 Å². The van der Waals surface area contributed by atoms with Gasteiger partial charge in [0.25, 0.3) is 0 Å². The van der Waals surface area contributed by atoms with Crippen LogP contribution >= 0.6 is 23.4 Å². The van der Waals surface area contributed by atoms with Crippen LogP contribution in [0, 0.1) is 0 Å². The summed E-state index contributed by atoms with van der Waals surface area (Å²) in [5.41, 5.74) is 2.80. The Morgan fingerprint density at radius 2 is 2.00 bits per heavy atom. The maximum Gasteiger partial charge on any atom is 0.230 e. The van der Waals surface area contributed by atoms with Gasteiger partial charge in [-0.05, 0) is 41.5 Å². The number of hydrogen-bond acceptors (Lipinski definition) is 4. The van der Waals surface area contributed by atoms with Crippen LogP contribution in [0.25, 0.3) is 11.3 Å². The molecule has 2 aromatic carbocycles. The third-order valence-corrected chi connectivity index (χ3v) is 4.98. The van der Waals surface area contributed by atoms with E-state index >= 15 is 0 Å². The number of carbonyl (C=O) groups excluding carboxylic acids is 1. The van der Waals surface area contributed by atoms with Gasteiger partial charge in [-0.2, -0.15) is 0 Å². The number of nitrogens with zero attached hydrogens (tertiary/aromatic N) is 1. The molecular formula is C19H18ClN3O2S. The van der Waals surface area contributed by atoms with E-state index in [-0.39, 0.29) is 11.7 Å². The Morgan fingerprint density at radius 3 is 2.73 bits per heavy atom. The summed E-state index contributed by atoms with van der Waals surface area (Å²) < 4.78 is 5.15. The highest BCUT2D eigenvalue weighted by Gasteiger charge is 2.08. The number of nitrogens with one attached hydrogen (secondary N) is 2. The van der Waals surface area contributed by atoms with E-state index in [1.54, 1.807) is 19.4 Å². The van der Waals surface area contributed by atoms with Crippen LogP contribution in [-0.4, -0.2) is 28.7 Å². The van der Waals surface area contributed by atoms with E-state index in [0.29, 0.717) is 16.7 Å². The molecule has 2 N–H and O–H groups in total.